The predicted molar refractivity (Wildman–Crippen MR) is 60.3 cm³/mol. The summed E-state index contributed by atoms with van der Waals surface area (Å²) in [6.45, 7) is 0.930. The summed E-state index contributed by atoms with van der Waals surface area (Å²) in [6.07, 6.45) is 8.06. The average molecular weight is 205 g/mol. The molecule has 1 aromatic heterocycles. The van der Waals surface area contributed by atoms with Gasteiger partial charge in [-0.05, 0) is 31.6 Å². The fourth-order valence-electron chi connectivity index (χ4n) is 1.13. The summed E-state index contributed by atoms with van der Waals surface area (Å²) in [7, 11) is 1.91. The molecule has 1 heterocycles. The third kappa shape index (κ3) is 3.91. The number of aromatic nitrogens is 1. The molecule has 0 unspecified atom stereocenters. The molecular formula is C11H15N3O. The third-order valence-electron chi connectivity index (χ3n) is 1.92. The van der Waals surface area contributed by atoms with Gasteiger partial charge in [-0.25, -0.2) is 0 Å². The van der Waals surface area contributed by atoms with Crippen LogP contribution in [-0.4, -0.2) is 24.5 Å². The minimum Gasteiger partial charge on any atom is -0.366 e. The van der Waals surface area contributed by atoms with E-state index in [1.807, 2.05) is 19.2 Å². The Morgan fingerprint density at radius 1 is 1.60 bits per heavy atom. The first-order chi connectivity index (χ1) is 7.24. The molecule has 0 aliphatic heterocycles. The van der Waals surface area contributed by atoms with E-state index in [4.69, 9.17) is 5.73 Å². The fraction of sp³-hybridized carbons (Fsp3) is 0.273. The van der Waals surface area contributed by atoms with Crippen molar-refractivity contribution >= 4 is 12.0 Å². The van der Waals surface area contributed by atoms with Crippen molar-refractivity contribution < 1.29 is 4.79 Å². The molecule has 15 heavy (non-hydrogen) atoms. The lowest BCUT2D eigenvalue weighted by Gasteiger charge is -1.97. The molecule has 1 aromatic rings. The topological polar surface area (TPSA) is 68.0 Å². The van der Waals surface area contributed by atoms with Gasteiger partial charge in [-0.1, -0.05) is 12.2 Å². The first-order valence-electron chi connectivity index (χ1n) is 4.80. The Hall–Kier alpha value is -1.68. The second kappa shape index (κ2) is 5.93. The molecule has 0 aliphatic carbocycles. The highest BCUT2D eigenvalue weighted by atomic mass is 16.1. The van der Waals surface area contributed by atoms with Gasteiger partial charge < -0.3 is 11.1 Å². The number of rotatable bonds is 5. The summed E-state index contributed by atoms with van der Waals surface area (Å²) in [6, 6.07) is 1.73. The molecule has 1 rings (SSSR count). The number of nitrogens with two attached hydrogens (primary N) is 1. The van der Waals surface area contributed by atoms with Crippen molar-refractivity contribution in [2.24, 2.45) is 5.73 Å². The van der Waals surface area contributed by atoms with Crippen LogP contribution < -0.4 is 11.1 Å². The molecule has 4 heteroatoms. The van der Waals surface area contributed by atoms with Crippen molar-refractivity contribution in [1.82, 2.24) is 10.3 Å². The van der Waals surface area contributed by atoms with Gasteiger partial charge in [-0.2, -0.15) is 0 Å². The van der Waals surface area contributed by atoms with Crippen molar-refractivity contribution in [3.8, 4) is 0 Å². The van der Waals surface area contributed by atoms with Gasteiger partial charge in [0.25, 0.3) is 0 Å². The molecule has 0 spiro atoms. The number of pyridine rings is 1. The normalized spacial score (nSPS) is 10.7. The molecule has 1 amide bonds. The molecule has 3 N–H and O–H groups in total. The van der Waals surface area contributed by atoms with Crippen LogP contribution in [0.15, 0.2) is 24.5 Å². The van der Waals surface area contributed by atoms with Crippen molar-refractivity contribution in [2.75, 3.05) is 13.6 Å². The largest absolute Gasteiger partial charge is 0.366 e. The Balaban J connectivity index is 2.65. The van der Waals surface area contributed by atoms with E-state index in [-0.39, 0.29) is 0 Å². The zero-order valence-corrected chi connectivity index (χ0v) is 8.73. The van der Waals surface area contributed by atoms with Crippen molar-refractivity contribution in [3.05, 3.63) is 35.7 Å². The number of carbonyl (C=O) groups excluding carboxylic acids is 1. The van der Waals surface area contributed by atoms with Gasteiger partial charge in [0, 0.05) is 12.4 Å². The van der Waals surface area contributed by atoms with Gasteiger partial charge in [0.05, 0.1) is 5.56 Å². The summed E-state index contributed by atoms with van der Waals surface area (Å²) in [5.74, 6) is -0.451. The zero-order valence-electron chi connectivity index (χ0n) is 8.73. The van der Waals surface area contributed by atoms with E-state index in [0.717, 1.165) is 18.5 Å². The molecule has 0 bridgehead atoms. The Morgan fingerprint density at radius 2 is 2.40 bits per heavy atom. The average Bonchev–Trinajstić information content (AvgIpc) is 2.25. The number of carbonyl (C=O) groups is 1. The zero-order chi connectivity index (χ0) is 11.1. The number of nitrogens with one attached hydrogen (secondary N) is 1. The summed E-state index contributed by atoms with van der Waals surface area (Å²) in [4.78, 5) is 14.8. The number of hydrogen-bond donors (Lipinski definition) is 2. The van der Waals surface area contributed by atoms with Crippen LogP contribution in [0.25, 0.3) is 6.08 Å². The van der Waals surface area contributed by atoms with E-state index >= 15 is 0 Å². The second-order valence-electron chi connectivity index (χ2n) is 3.17. The number of nitrogens with zero attached hydrogens (tertiary/aromatic N) is 1. The van der Waals surface area contributed by atoms with E-state index in [1.54, 1.807) is 12.3 Å². The van der Waals surface area contributed by atoms with Crippen molar-refractivity contribution in [1.29, 1.82) is 0 Å². The lowest BCUT2D eigenvalue weighted by atomic mass is 10.2. The highest BCUT2D eigenvalue weighted by Crippen LogP contribution is 2.04. The van der Waals surface area contributed by atoms with E-state index in [1.165, 1.54) is 6.20 Å². The first-order valence-corrected chi connectivity index (χ1v) is 4.80. The Morgan fingerprint density at radius 3 is 3.07 bits per heavy atom. The van der Waals surface area contributed by atoms with E-state index < -0.39 is 5.91 Å². The first kappa shape index (κ1) is 11.4. The SMILES string of the molecule is CNCC/C=C/c1cncc(C(N)=O)c1. The maximum Gasteiger partial charge on any atom is 0.250 e. The quantitative estimate of drug-likeness (QED) is 0.699. The van der Waals surface area contributed by atoms with E-state index in [2.05, 4.69) is 10.3 Å². The minimum absolute atomic E-state index is 0.436. The van der Waals surface area contributed by atoms with E-state index in [9.17, 15) is 4.79 Å². The van der Waals surface area contributed by atoms with Crippen LogP contribution in [0.3, 0.4) is 0 Å². The smallest absolute Gasteiger partial charge is 0.250 e. The van der Waals surface area contributed by atoms with Crippen LogP contribution >= 0.6 is 0 Å². The van der Waals surface area contributed by atoms with Gasteiger partial charge in [0.15, 0.2) is 0 Å². The second-order valence-corrected chi connectivity index (χ2v) is 3.17. The van der Waals surface area contributed by atoms with Gasteiger partial charge in [-0.15, -0.1) is 0 Å². The molecule has 0 saturated carbocycles. The molecule has 0 aromatic carbocycles. The van der Waals surface area contributed by atoms with Crippen molar-refractivity contribution in [2.45, 2.75) is 6.42 Å². The predicted octanol–water partition coefficient (Wildman–Crippen LogP) is 0.803. The van der Waals surface area contributed by atoms with Crippen LogP contribution in [0, 0.1) is 0 Å². The summed E-state index contributed by atoms with van der Waals surface area (Å²) in [5, 5.41) is 3.04. The summed E-state index contributed by atoms with van der Waals surface area (Å²) >= 11 is 0. The highest BCUT2D eigenvalue weighted by molar-refractivity contribution is 5.92. The van der Waals surface area contributed by atoms with Gasteiger partial charge in [0.1, 0.15) is 0 Å². The van der Waals surface area contributed by atoms with Crippen molar-refractivity contribution in [3.63, 3.8) is 0 Å². The highest BCUT2D eigenvalue weighted by Gasteiger charge is 1.99. The number of amides is 1. The molecular weight excluding hydrogens is 190 g/mol. The Labute approximate surface area is 89.2 Å². The molecule has 0 radical (unpaired) electrons. The van der Waals surface area contributed by atoms with Gasteiger partial charge >= 0.3 is 0 Å². The molecule has 0 fully saturated rings. The van der Waals surface area contributed by atoms with Gasteiger partial charge in [-0.3, -0.25) is 9.78 Å². The van der Waals surface area contributed by atoms with Crippen LogP contribution in [0.1, 0.15) is 22.3 Å². The summed E-state index contributed by atoms with van der Waals surface area (Å²) in [5.41, 5.74) is 6.47. The molecule has 0 aliphatic rings. The Kier molecular flexibility index (Phi) is 4.50. The van der Waals surface area contributed by atoms with Crippen LogP contribution in [0.2, 0.25) is 0 Å². The molecule has 0 saturated heterocycles. The van der Waals surface area contributed by atoms with Crippen LogP contribution in [-0.2, 0) is 0 Å². The van der Waals surface area contributed by atoms with Crippen LogP contribution in [0.4, 0.5) is 0 Å². The van der Waals surface area contributed by atoms with E-state index in [0.29, 0.717) is 5.56 Å². The lowest BCUT2D eigenvalue weighted by molar-refractivity contribution is 0.1000. The summed E-state index contributed by atoms with van der Waals surface area (Å²) < 4.78 is 0. The number of hydrogen-bond acceptors (Lipinski definition) is 3. The molecule has 4 nitrogen and oxygen atoms in total. The van der Waals surface area contributed by atoms with Crippen LogP contribution in [0.5, 0.6) is 0 Å². The standard InChI is InChI=1S/C11H15N3O/c1-13-5-3-2-4-9-6-10(11(12)15)8-14-7-9/h2,4,6-8,13H,3,5H2,1H3,(H2,12,15)/b4-2+. The fourth-order valence-corrected chi connectivity index (χ4v) is 1.13. The Bertz CT molecular complexity index is 361. The van der Waals surface area contributed by atoms with Gasteiger partial charge in [0.2, 0.25) is 5.91 Å². The monoisotopic (exact) mass is 205 g/mol. The minimum atomic E-state index is -0.451. The molecule has 80 valence electrons. The lowest BCUT2D eigenvalue weighted by Crippen LogP contribution is -2.11. The third-order valence-corrected chi connectivity index (χ3v) is 1.92. The maximum absolute atomic E-state index is 10.9. The molecule has 0 atom stereocenters. The number of primary amides is 1. The maximum atomic E-state index is 10.9.